The Labute approximate surface area is 124 Å². The topological polar surface area (TPSA) is 44.4 Å². The monoisotopic (exact) mass is 283 g/mol. The Morgan fingerprint density at radius 3 is 2.50 bits per heavy atom. The van der Waals surface area contributed by atoms with Crippen molar-refractivity contribution in [2.24, 2.45) is 5.92 Å². The van der Waals surface area contributed by atoms with Crippen molar-refractivity contribution < 1.29 is 4.79 Å². The van der Waals surface area contributed by atoms with Crippen LogP contribution in [0, 0.1) is 5.92 Å². The van der Waals surface area contributed by atoms with Crippen LogP contribution in [0.2, 0.25) is 0 Å². The van der Waals surface area contributed by atoms with Gasteiger partial charge in [-0.3, -0.25) is 9.69 Å². The van der Waals surface area contributed by atoms with E-state index in [1.807, 2.05) is 0 Å². The molecule has 0 radical (unpaired) electrons. The highest BCUT2D eigenvalue weighted by Gasteiger charge is 2.28. The van der Waals surface area contributed by atoms with Crippen molar-refractivity contribution in [1.29, 1.82) is 0 Å². The zero-order valence-electron chi connectivity index (χ0n) is 13.7. The molecule has 0 aromatic heterocycles. The zero-order chi connectivity index (χ0) is 15.0. The van der Waals surface area contributed by atoms with E-state index in [2.05, 4.69) is 43.2 Å². The average molecular weight is 283 g/mol. The fourth-order valence-electron chi connectivity index (χ4n) is 2.87. The van der Waals surface area contributed by atoms with Crippen molar-refractivity contribution in [3.8, 4) is 0 Å². The highest BCUT2D eigenvalue weighted by molar-refractivity contribution is 5.81. The highest BCUT2D eigenvalue weighted by atomic mass is 16.2. The Morgan fingerprint density at radius 1 is 1.30 bits per heavy atom. The molecule has 1 amide bonds. The lowest BCUT2D eigenvalue weighted by atomic mass is 10.0. The lowest BCUT2D eigenvalue weighted by Gasteiger charge is -2.38. The van der Waals surface area contributed by atoms with Gasteiger partial charge in [0.15, 0.2) is 0 Å². The molecule has 0 bridgehead atoms. The summed E-state index contributed by atoms with van der Waals surface area (Å²) in [4.78, 5) is 14.7. The summed E-state index contributed by atoms with van der Waals surface area (Å²) in [5, 5.41) is 6.49. The van der Waals surface area contributed by atoms with E-state index in [1.165, 1.54) is 0 Å². The third-order valence-corrected chi connectivity index (χ3v) is 4.16. The van der Waals surface area contributed by atoms with Crippen LogP contribution in [-0.2, 0) is 4.79 Å². The number of hydrogen-bond acceptors (Lipinski definition) is 3. The van der Waals surface area contributed by atoms with Gasteiger partial charge in [-0.1, -0.05) is 20.8 Å². The number of nitrogens with one attached hydrogen (secondary N) is 2. The first-order valence-corrected chi connectivity index (χ1v) is 8.30. The smallest absolute Gasteiger partial charge is 0.237 e. The number of carbonyl (C=O) groups excluding carboxylic acids is 1. The second-order valence-electron chi connectivity index (χ2n) is 6.37. The van der Waals surface area contributed by atoms with Gasteiger partial charge >= 0.3 is 0 Å². The minimum absolute atomic E-state index is 0.00906. The number of amides is 1. The molecule has 4 heteroatoms. The number of nitrogens with zero attached hydrogens (tertiary/aromatic N) is 1. The van der Waals surface area contributed by atoms with Crippen LogP contribution in [0.25, 0.3) is 0 Å². The Kier molecular flexibility index (Phi) is 8.15. The van der Waals surface area contributed by atoms with Crippen LogP contribution in [0.15, 0.2) is 0 Å². The molecule has 1 atom stereocenters. The molecule has 1 saturated heterocycles. The molecule has 118 valence electrons. The predicted molar refractivity (Wildman–Crippen MR) is 84.8 cm³/mol. The van der Waals surface area contributed by atoms with Gasteiger partial charge in [-0.15, -0.1) is 0 Å². The molecule has 0 aromatic carbocycles. The summed E-state index contributed by atoms with van der Waals surface area (Å²) >= 11 is 0. The van der Waals surface area contributed by atoms with Crippen molar-refractivity contribution in [2.45, 2.75) is 65.5 Å². The first-order chi connectivity index (χ1) is 9.56. The molecule has 1 heterocycles. The normalized spacial score (nSPS) is 18.5. The summed E-state index contributed by atoms with van der Waals surface area (Å²) < 4.78 is 0. The van der Waals surface area contributed by atoms with Gasteiger partial charge in [0.25, 0.3) is 0 Å². The average Bonchev–Trinajstić information content (AvgIpc) is 2.44. The quantitative estimate of drug-likeness (QED) is 0.716. The summed E-state index contributed by atoms with van der Waals surface area (Å²) in [6.45, 7) is 12.6. The maximum Gasteiger partial charge on any atom is 0.237 e. The summed E-state index contributed by atoms with van der Waals surface area (Å²) in [5.74, 6) is 0.833. The molecule has 1 rings (SSSR count). The van der Waals surface area contributed by atoms with Crippen LogP contribution in [-0.4, -0.2) is 49.1 Å². The van der Waals surface area contributed by atoms with Crippen LogP contribution in [0.4, 0.5) is 0 Å². The molecule has 0 aliphatic carbocycles. The second kappa shape index (κ2) is 9.35. The van der Waals surface area contributed by atoms with E-state index in [1.54, 1.807) is 0 Å². The van der Waals surface area contributed by atoms with Gasteiger partial charge < -0.3 is 10.6 Å². The zero-order valence-corrected chi connectivity index (χ0v) is 13.7. The molecule has 20 heavy (non-hydrogen) atoms. The molecule has 1 unspecified atom stereocenters. The standard InChI is InChI=1S/C16H33N3O/c1-5-12-19(15-7-9-17-10-8-15)14(4)16(20)18-11-6-13(2)3/h13-15,17H,5-12H2,1-4H3,(H,18,20). The maximum absolute atomic E-state index is 12.3. The van der Waals surface area contributed by atoms with Crippen LogP contribution in [0.5, 0.6) is 0 Å². The Balaban J connectivity index is 2.48. The molecule has 1 fully saturated rings. The van der Waals surface area contributed by atoms with Crippen LogP contribution in [0.1, 0.15) is 53.4 Å². The second-order valence-corrected chi connectivity index (χ2v) is 6.37. The van der Waals surface area contributed by atoms with E-state index in [0.717, 1.165) is 51.9 Å². The molecule has 1 aliphatic rings. The first kappa shape index (κ1) is 17.4. The Bertz CT molecular complexity index is 275. The number of carbonyl (C=O) groups is 1. The first-order valence-electron chi connectivity index (χ1n) is 8.30. The van der Waals surface area contributed by atoms with Gasteiger partial charge in [-0.05, 0) is 58.2 Å². The number of hydrogen-bond donors (Lipinski definition) is 2. The van der Waals surface area contributed by atoms with Gasteiger partial charge in [0.2, 0.25) is 5.91 Å². The van der Waals surface area contributed by atoms with E-state index in [0.29, 0.717) is 12.0 Å². The molecule has 0 spiro atoms. The predicted octanol–water partition coefficient (Wildman–Crippen LogP) is 2.00. The summed E-state index contributed by atoms with van der Waals surface area (Å²) in [6, 6.07) is 0.548. The van der Waals surface area contributed by atoms with Gasteiger partial charge in [0.05, 0.1) is 6.04 Å². The SMILES string of the molecule is CCCN(C1CCNCC1)C(C)C(=O)NCCC(C)C. The summed E-state index contributed by atoms with van der Waals surface area (Å²) in [5.41, 5.74) is 0. The van der Waals surface area contributed by atoms with Crippen molar-refractivity contribution in [2.75, 3.05) is 26.2 Å². The number of rotatable bonds is 8. The van der Waals surface area contributed by atoms with E-state index in [-0.39, 0.29) is 11.9 Å². The van der Waals surface area contributed by atoms with Crippen LogP contribution >= 0.6 is 0 Å². The molecule has 1 aliphatic heterocycles. The third-order valence-electron chi connectivity index (χ3n) is 4.16. The lowest BCUT2D eigenvalue weighted by Crippen LogP contribution is -2.52. The van der Waals surface area contributed by atoms with Gasteiger partial charge in [0.1, 0.15) is 0 Å². The highest BCUT2D eigenvalue weighted by Crippen LogP contribution is 2.16. The molecule has 2 N–H and O–H groups in total. The fraction of sp³-hybridized carbons (Fsp3) is 0.938. The lowest BCUT2D eigenvalue weighted by molar-refractivity contribution is -0.127. The summed E-state index contributed by atoms with van der Waals surface area (Å²) in [6.07, 6.45) is 4.47. The van der Waals surface area contributed by atoms with Gasteiger partial charge in [-0.2, -0.15) is 0 Å². The fourth-order valence-corrected chi connectivity index (χ4v) is 2.87. The third kappa shape index (κ3) is 5.80. The Hall–Kier alpha value is -0.610. The Morgan fingerprint density at radius 2 is 1.95 bits per heavy atom. The van der Waals surface area contributed by atoms with Crippen LogP contribution < -0.4 is 10.6 Å². The van der Waals surface area contributed by atoms with Crippen molar-refractivity contribution in [3.05, 3.63) is 0 Å². The molecule has 0 saturated carbocycles. The summed E-state index contributed by atoms with van der Waals surface area (Å²) in [7, 11) is 0. The largest absolute Gasteiger partial charge is 0.355 e. The van der Waals surface area contributed by atoms with Gasteiger partial charge in [-0.25, -0.2) is 0 Å². The van der Waals surface area contributed by atoms with E-state index < -0.39 is 0 Å². The van der Waals surface area contributed by atoms with Crippen molar-refractivity contribution in [3.63, 3.8) is 0 Å². The number of piperidine rings is 1. The van der Waals surface area contributed by atoms with Crippen LogP contribution in [0.3, 0.4) is 0 Å². The van der Waals surface area contributed by atoms with Crippen molar-refractivity contribution in [1.82, 2.24) is 15.5 Å². The van der Waals surface area contributed by atoms with E-state index >= 15 is 0 Å². The maximum atomic E-state index is 12.3. The van der Waals surface area contributed by atoms with Gasteiger partial charge in [0, 0.05) is 12.6 Å². The molecule has 0 aromatic rings. The minimum Gasteiger partial charge on any atom is -0.355 e. The van der Waals surface area contributed by atoms with Crippen molar-refractivity contribution >= 4 is 5.91 Å². The van der Waals surface area contributed by atoms with E-state index in [9.17, 15) is 4.79 Å². The van der Waals surface area contributed by atoms with E-state index in [4.69, 9.17) is 0 Å². The minimum atomic E-state index is -0.00906. The molecule has 4 nitrogen and oxygen atoms in total. The molecular weight excluding hydrogens is 250 g/mol. The molecular formula is C16H33N3O.